The second-order valence-corrected chi connectivity index (χ2v) is 10.00. The molecule has 2 heterocycles. The summed E-state index contributed by atoms with van der Waals surface area (Å²) in [5.74, 6) is -0.864. The number of fused-ring (bicyclic) bond motifs is 1. The molecule has 0 radical (unpaired) electrons. The minimum Gasteiger partial charge on any atom is -0.346 e. The van der Waals surface area contributed by atoms with E-state index in [0.29, 0.717) is 5.03 Å². The van der Waals surface area contributed by atoms with Gasteiger partial charge in [0.25, 0.3) is 0 Å². The summed E-state index contributed by atoms with van der Waals surface area (Å²) < 4.78 is 13.4. The zero-order chi connectivity index (χ0) is 24.2. The SMILES string of the molecule is Cc1cccc(C)c1NC(=O)CNC(=O)C(C)Sc1ncnc2scc(-c3ccc(F)cc3)c12. The van der Waals surface area contributed by atoms with Crippen molar-refractivity contribution < 1.29 is 14.0 Å². The maximum Gasteiger partial charge on any atom is 0.243 e. The number of nitrogens with zero attached hydrogens (tertiary/aromatic N) is 2. The molecular formula is C25H23FN4O2S2. The summed E-state index contributed by atoms with van der Waals surface area (Å²) in [7, 11) is 0. The molecule has 2 N–H and O–H groups in total. The van der Waals surface area contributed by atoms with Crippen molar-refractivity contribution in [3.05, 3.63) is 71.1 Å². The topological polar surface area (TPSA) is 84.0 Å². The van der Waals surface area contributed by atoms with Gasteiger partial charge < -0.3 is 10.6 Å². The molecule has 4 aromatic rings. The smallest absolute Gasteiger partial charge is 0.243 e. The molecule has 0 aliphatic carbocycles. The van der Waals surface area contributed by atoms with Crippen LogP contribution in [0.15, 0.2) is 59.2 Å². The lowest BCUT2D eigenvalue weighted by Crippen LogP contribution is -2.37. The van der Waals surface area contributed by atoms with E-state index in [1.54, 1.807) is 19.1 Å². The van der Waals surface area contributed by atoms with Crippen molar-refractivity contribution in [1.82, 2.24) is 15.3 Å². The number of hydrogen-bond acceptors (Lipinski definition) is 6. The number of nitrogens with one attached hydrogen (secondary N) is 2. The van der Waals surface area contributed by atoms with Crippen LogP contribution in [0.4, 0.5) is 10.1 Å². The van der Waals surface area contributed by atoms with Gasteiger partial charge in [0.15, 0.2) is 0 Å². The highest BCUT2D eigenvalue weighted by atomic mass is 32.2. The average molecular weight is 495 g/mol. The van der Waals surface area contributed by atoms with Crippen molar-refractivity contribution >= 4 is 50.8 Å². The molecule has 4 rings (SSSR count). The minimum atomic E-state index is -0.493. The van der Waals surface area contributed by atoms with Crippen molar-refractivity contribution in [2.75, 3.05) is 11.9 Å². The number of amides is 2. The molecule has 174 valence electrons. The normalized spacial score (nSPS) is 11.9. The van der Waals surface area contributed by atoms with E-state index in [1.807, 2.05) is 37.4 Å². The molecule has 6 nitrogen and oxygen atoms in total. The molecule has 34 heavy (non-hydrogen) atoms. The molecule has 1 unspecified atom stereocenters. The van der Waals surface area contributed by atoms with Gasteiger partial charge in [-0.25, -0.2) is 14.4 Å². The summed E-state index contributed by atoms with van der Waals surface area (Å²) in [6.07, 6.45) is 1.47. The summed E-state index contributed by atoms with van der Waals surface area (Å²) in [4.78, 5) is 34.6. The first-order chi connectivity index (χ1) is 16.3. The Kier molecular flexibility index (Phi) is 7.23. The van der Waals surface area contributed by atoms with Crippen LogP contribution < -0.4 is 10.6 Å². The Bertz CT molecular complexity index is 1330. The number of benzene rings is 2. The number of thioether (sulfide) groups is 1. The van der Waals surface area contributed by atoms with Crippen LogP contribution in [0.25, 0.3) is 21.3 Å². The molecule has 0 fully saturated rings. The number of carbonyl (C=O) groups is 2. The van der Waals surface area contributed by atoms with Crippen molar-refractivity contribution in [3.63, 3.8) is 0 Å². The number of hydrogen-bond donors (Lipinski definition) is 2. The Labute approximate surface area is 205 Å². The predicted octanol–water partition coefficient (Wildman–Crippen LogP) is 5.35. The Hall–Kier alpha value is -3.30. The van der Waals surface area contributed by atoms with Crippen molar-refractivity contribution in [2.24, 2.45) is 0 Å². The third kappa shape index (κ3) is 5.26. The van der Waals surface area contributed by atoms with Crippen LogP contribution in [0.1, 0.15) is 18.1 Å². The zero-order valence-electron chi connectivity index (χ0n) is 18.9. The third-order valence-electron chi connectivity index (χ3n) is 5.32. The molecule has 0 saturated carbocycles. The maximum absolute atomic E-state index is 13.4. The molecular weight excluding hydrogens is 471 g/mol. The molecule has 0 spiro atoms. The van der Waals surface area contributed by atoms with E-state index in [0.717, 1.165) is 38.2 Å². The van der Waals surface area contributed by atoms with Gasteiger partial charge in [-0.05, 0) is 49.6 Å². The summed E-state index contributed by atoms with van der Waals surface area (Å²) >= 11 is 2.76. The van der Waals surface area contributed by atoms with Gasteiger partial charge in [0.05, 0.1) is 17.2 Å². The van der Waals surface area contributed by atoms with Crippen LogP contribution in [-0.2, 0) is 9.59 Å². The van der Waals surface area contributed by atoms with Crippen LogP contribution in [0.3, 0.4) is 0 Å². The number of halogens is 1. The summed E-state index contributed by atoms with van der Waals surface area (Å²) in [5, 5.41) is 8.52. The number of para-hydroxylation sites is 1. The fourth-order valence-corrected chi connectivity index (χ4v) is 5.44. The third-order valence-corrected chi connectivity index (χ3v) is 7.30. The largest absolute Gasteiger partial charge is 0.346 e. The number of rotatable bonds is 7. The van der Waals surface area contributed by atoms with Crippen molar-refractivity contribution in [1.29, 1.82) is 0 Å². The Morgan fingerprint density at radius 3 is 2.50 bits per heavy atom. The Morgan fingerprint density at radius 1 is 1.09 bits per heavy atom. The van der Waals surface area contributed by atoms with E-state index in [-0.39, 0.29) is 24.2 Å². The van der Waals surface area contributed by atoms with Crippen LogP contribution in [-0.4, -0.2) is 33.6 Å². The quantitative estimate of drug-likeness (QED) is 0.267. The second-order valence-electron chi connectivity index (χ2n) is 7.81. The van der Waals surface area contributed by atoms with E-state index in [9.17, 15) is 14.0 Å². The molecule has 0 aliphatic rings. The van der Waals surface area contributed by atoms with E-state index in [1.165, 1.54) is 41.6 Å². The van der Waals surface area contributed by atoms with E-state index < -0.39 is 5.25 Å². The van der Waals surface area contributed by atoms with Gasteiger partial charge in [-0.1, -0.05) is 42.1 Å². The highest BCUT2D eigenvalue weighted by molar-refractivity contribution is 8.00. The number of anilines is 1. The Morgan fingerprint density at radius 2 is 1.79 bits per heavy atom. The fraction of sp³-hybridized carbons (Fsp3) is 0.200. The number of aromatic nitrogens is 2. The summed E-state index contributed by atoms with van der Waals surface area (Å²) in [6, 6.07) is 12.0. The first kappa shape index (κ1) is 23.8. The number of carbonyl (C=O) groups excluding carboxylic acids is 2. The Balaban J connectivity index is 1.44. The molecule has 9 heteroatoms. The standard InChI is InChI=1S/C25H23FN4O2S2/c1-14-5-4-6-15(2)22(14)30-20(31)11-27-23(32)16(3)34-25-21-19(12-33-24(21)28-13-29-25)17-7-9-18(26)10-8-17/h4-10,12-13,16H,11H2,1-3H3,(H,27,32)(H,30,31). The van der Waals surface area contributed by atoms with E-state index in [2.05, 4.69) is 20.6 Å². The average Bonchev–Trinajstić information content (AvgIpc) is 3.25. The van der Waals surface area contributed by atoms with Gasteiger partial charge in [-0.3, -0.25) is 9.59 Å². The summed E-state index contributed by atoms with van der Waals surface area (Å²) in [6.45, 7) is 5.48. The lowest BCUT2D eigenvalue weighted by atomic mass is 10.1. The van der Waals surface area contributed by atoms with Gasteiger partial charge in [-0.15, -0.1) is 11.3 Å². The van der Waals surface area contributed by atoms with Gasteiger partial charge >= 0.3 is 0 Å². The van der Waals surface area contributed by atoms with Crippen LogP contribution >= 0.6 is 23.1 Å². The first-order valence-corrected chi connectivity index (χ1v) is 12.4. The minimum absolute atomic E-state index is 0.129. The van der Waals surface area contributed by atoms with Crippen molar-refractivity contribution in [3.8, 4) is 11.1 Å². The zero-order valence-corrected chi connectivity index (χ0v) is 20.5. The van der Waals surface area contributed by atoms with Gasteiger partial charge in [0.2, 0.25) is 11.8 Å². The molecule has 2 aromatic heterocycles. The fourth-order valence-electron chi connectivity index (χ4n) is 3.51. The highest BCUT2D eigenvalue weighted by Crippen LogP contribution is 2.39. The lowest BCUT2D eigenvalue weighted by Gasteiger charge is -2.14. The first-order valence-electron chi connectivity index (χ1n) is 10.6. The molecule has 0 bridgehead atoms. The van der Waals surface area contributed by atoms with Gasteiger partial charge in [0, 0.05) is 16.6 Å². The van der Waals surface area contributed by atoms with E-state index >= 15 is 0 Å². The van der Waals surface area contributed by atoms with Gasteiger partial charge in [0.1, 0.15) is 22.0 Å². The lowest BCUT2D eigenvalue weighted by molar-refractivity contribution is -0.123. The maximum atomic E-state index is 13.4. The highest BCUT2D eigenvalue weighted by Gasteiger charge is 2.20. The second kappa shape index (κ2) is 10.3. The van der Waals surface area contributed by atoms with Crippen LogP contribution in [0, 0.1) is 19.7 Å². The molecule has 2 amide bonds. The summed E-state index contributed by atoms with van der Waals surface area (Å²) in [5.41, 5.74) is 4.43. The molecule has 1 atom stereocenters. The predicted molar refractivity (Wildman–Crippen MR) is 136 cm³/mol. The molecule has 0 saturated heterocycles. The van der Waals surface area contributed by atoms with Crippen LogP contribution in [0.2, 0.25) is 0 Å². The number of aryl methyl sites for hydroxylation is 2. The monoisotopic (exact) mass is 494 g/mol. The van der Waals surface area contributed by atoms with Gasteiger partial charge in [-0.2, -0.15) is 0 Å². The molecule has 2 aromatic carbocycles. The van der Waals surface area contributed by atoms with Crippen LogP contribution in [0.5, 0.6) is 0 Å². The number of thiophene rings is 1. The van der Waals surface area contributed by atoms with E-state index in [4.69, 9.17) is 0 Å². The van der Waals surface area contributed by atoms with Crippen molar-refractivity contribution in [2.45, 2.75) is 31.0 Å². The molecule has 0 aliphatic heterocycles.